The van der Waals surface area contributed by atoms with Crippen LogP contribution in [0.2, 0.25) is 0 Å². The molecule has 1 N–H and O–H groups in total. The number of hydrogen-bond donors (Lipinski definition) is 1. The Labute approximate surface area is 115 Å². The number of hydrogen-bond acceptors (Lipinski definition) is 2. The fourth-order valence-electron chi connectivity index (χ4n) is 4.53. The first kappa shape index (κ1) is 11.8. The van der Waals surface area contributed by atoms with E-state index in [-0.39, 0.29) is 0 Å². The molecular formula is C17H23NO. The van der Waals surface area contributed by atoms with Gasteiger partial charge >= 0.3 is 0 Å². The van der Waals surface area contributed by atoms with Crippen LogP contribution in [0, 0.1) is 17.8 Å². The van der Waals surface area contributed by atoms with E-state index in [1.165, 1.54) is 36.1 Å². The van der Waals surface area contributed by atoms with Crippen LogP contribution in [0.3, 0.4) is 0 Å². The van der Waals surface area contributed by atoms with Crippen LogP contribution >= 0.6 is 0 Å². The Morgan fingerprint density at radius 3 is 2.95 bits per heavy atom. The normalized spacial score (nSPS) is 32.6. The summed E-state index contributed by atoms with van der Waals surface area (Å²) in [5.41, 5.74) is 2.84. The van der Waals surface area contributed by atoms with E-state index in [0.717, 1.165) is 37.3 Å². The summed E-state index contributed by atoms with van der Waals surface area (Å²) in [7, 11) is 0. The third kappa shape index (κ3) is 1.80. The molecule has 2 nitrogen and oxygen atoms in total. The van der Waals surface area contributed by atoms with E-state index < -0.39 is 0 Å². The fraction of sp³-hybridized carbons (Fsp3) is 0.647. The Hall–Kier alpha value is -1.02. The van der Waals surface area contributed by atoms with Crippen molar-refractivity contribution >= 4 is 0 Å². The summed E-state index contributed by atoms with van der Waals surface area (Å²) in [6.07, 6.45) is 5.44. The number of rotatable bonds is 4. The summed E-state index contributed by atoms with van der Waals surface area (Å²) in [5, 5.41) is 3.74. The van der Waals surface area contributed by atoms with Gasteiger partial charge in [-0.3, -0.25) is 0 Å². The van der Waals surface area contributed by atoms with E-state index in [2.05, 4.69) is 30.4 Å². The molecule has 3 unspecified atom stereocenters. The molecule has 0 amide bonds. The minimum Gasteiger partial charge on any atom is -0.493 e. The lowest BCUT2D eigenvalue weighted by Gasteiger charge is -2.22. The highest BCUT2D eigenvalue weighted by Crippen LogP contribution is 2.62. The lowest BCUT2D eigenvalue weighted by atomic mass is 9.94. The second-order valence-electron chi connectivity index (χ2n) is 6.31. The number of nitrogens with one attached hydrogen (secondary N) is 1. The van der Waals surface area contributed by atoms with Crippen LogP contribution in [-0.2, 0) is 6.42 Å². The molecule has 1 aliphatic heterocycles. The Morgan fingerprint density at radius 2 is 2.16 bits per heavy atom. The van der Waals surface area contributed by atoms with Gasteiger partial charge in [0.1, 0.15) is 5.75 Å². The van der Waals surface area contributed by atoms with Crippen LogP contribution in [0.5, 0.6) is 5.75 Å². The Balaban J connectivity index is 1.66. The van der Waals surface area contributed by atoms with Gasteiger partial charge in [0.2, 0.25) is 0 Å². The molecule has 3 aliphatic rings. The maximum atomic E-state index is 5.92. The predicted molar refractivity (Wildman–Crippen MR) is 76.4 cm³/mol. The Bertz CT molecular complexity index is 474. The van der Waals surface area contributed by atoms with Crippen LogP contribution in [0.1, 0.15) is 43.4 Å². The molecule has 0 saturated heterocycles. The third-order valence-corrected chi connectivity index (χ3v) is 5.36. The molecule has 0 bridgehead atoms. The lowest BCUT2D eigenvalue weighted by molar-refractivity contribution is 0.340. The molecule has 1 aromatic rings. The first-order valence-corrected chi connectivity index (χ1v) is 7.88. The van der Waals surface area contributed by atoms with Crippen molar-refractivity contribution in [3.8, 4) is 5.75 Å². The number of ether oxygens (including phenoxy) is 1. The smallest absolute Gasteiger partial charge is 0.127 e. The zero-order chi connectivity index (χ0) is 12.8. The van der Waals surface area contributed by atoms with E-state index in [1.54, 1.807) is 0 Å². The number of para-hydroxylation sites is 1. The largest absolute Gasteiger partial charge is 0.493 e. The summed E-state index contributed by atoms with van der Waals surface area (Å²) in [6.45, 7) is 4.13. The van der Waals surface area contributed by atoms with Crippen molar-refractivity contribution in [3.63, 3.8) is 0 Å². The van der Waals surface area contributed by atoms with E-state index in [9.17, 15) is 0 Å². The van der Waals surface area contributed by atoms with Crippen molar-refractivity contribution < 1.29 is 4.74 Å². The maximum Gasteiger partial charge on any atom is 0.127 e. The quantitative estimate of drug-likeness (QED) is 0.893. The minimum atomic E-state index is 0.522. The fourth-order valence-corrected chi connectivity index (χ4v) is 4.53. The monoisotopic (exact) mass is 257 g/mol. The van der Waals surface area contributed by atoms with Crippen molar-refractivity contribution in [2.75, 3.05) is 13.2 Å². The molecule has 3 atom stereocenters. The summed E-state index contributed by atoms with van der Waals surface area (Å²) < 4.78 is 5.92. The van der Waals surface area contributed by atoms with Crippen molar-refractivity contribution in [3.05, 3.63) is 29.3 Å². The first-order valence-electron chi connectivity index (χ1n) is 7.88. The van der Waals surface area contributed by atoms with Crippen molar-refractivity contribution in [2.24, 2.45) is 17.8 Å². The highest BCUT2D eigenvalue weighted by atomic mass is 16.5. The topological polar surface area (TPSA) is 21.3 Å². The molecule has 19 heavy (non-hydrogen) atoms. The van der Waals surface area contributed by atoms with Gasteiger partial charge in [-0.05, 0) is 42.7 Å². The van der Waals surface area contributed by atoms with Gasteiger partial charge in [-0.15, -0.1) is 0 Å². The van der Waals surface area contributed by atoms with E-state index in [1.807, 2.05) is 0 Å². The predicted octanol–water partition coefficient (Wildman–Crippen LogP) is 3.32. The van der Waals surface area contributed by atoms with Crippen LogP contribution in [0.15, 0.2) is 18.2 Å². The molecular weight excluding hydrogens is 234 g/mol. The number of fused-ring (bicyclic) bond motifs is 2. The van der Waals surface area contributed by atoms with E-state index >= 15 is 0 Å². The zero-order valence-electron chi connectivity index (χ0n) is 11.7. The molecule has 0 spiro atoms. The van der Waals surface area contributed by atoms with Gasteiger partial charge in [-0.2, -0.15) is 0 Å². The van der Waals surface area contributed by atoms with Gasteiger partial charge in [-0.25, -0.2) is 0 Å². The van der Waals surface area contributed by atoms with Gasteiger partial charge in [-0.1, -0.05) is 31.5 Å². The summed E-state index contributed by atoms with van der Waals surface area (Å²) >= 11 is 0. The molecule has 0 aromatic heterocycles. The molecule has 102 valence electrons. The van der Waals surface area contributed by atoms with E-state index in [4.69, 9.17) is 4.74 Å². The van der Waals surface area contributed by atoms with Gasteiger partial charge in [0.15, 0.2) is 0 Å². The number of benzene rings is 1. The standard InChI is InChI=1S/C17H23NO/c1-2-18-16(15-12-6-4-7-13(12)15)14-8-3-5-11-9-10-19-17(11)14/h3,5,8,12-13,15-16,18H,2,4,6-7,9-10H2,1H3. The molecule has 2 heteroatoms. The van der Waals surface area contributed by atoms with Gasteiger partial charge in [0.05, 0.1) is 6.61 Å². The minimum absolute atomic E-state index is 0.522. The van der Waals surface area contributed by atoms with Gasteiger partial charge in [0, 0.05) is 18.0 Å². The highest BCUT2D eigenvalue weighted by molar-refractivity contribution is 5.46. The molecule has 2 aliphatic carbocycles. The van der Waals surface area contributed by atoms with Crippen LogP contribution < -0.4 is 10.1 Å². The van der Waals surface area contributed by atoms with Crippen molar-refractivity contribution in [1.82, 2.24) is 5.32 Å². The summed E-state index contributed by atoms with van der Waals surface area (Å²) in [6, 6.07) is 7.24. The zero-order valence-corrected chi connectivity index (χ0v) is 11.7. The van der Waals surface area contributed by atoms with Crippen LogP contribution in [0.4, 0.5) is 0 Å². The second-order valence-corrected chi connectivity index (χ2v) is 6.31. The second kappa shape index (κ2) is 4.52. The average molecular weight is 257 g/mol. The SMILES string of the molecule is CCNC(c1cccc2c1OCC2)C1C2CCCC21. The van der Waals surface area contributed by atoms with Crippen molar-refractivity contribution in [2.45, 2.75) is 38.6 Å². The maximum absolute atomic E-state index is 5.92. The van der Waals surface area contributed by atoms with Gasteiger partial charge in [0.25, 0.3) is 0 Å². The molecule has 2 fully saturated rings. The molecule has 1 heterocycles. The lowest BCUT2D eigenvalue weighted by Crippen LogP contribution is -2.25. The summed E-state index contributed by atoms with van der Waals surface area (Å²) in [4.78, 5) is 0. The van der Waals surface area contributed by atoms with Crippen LogP contribution in [-0.4, -0.2) is 13.2 Å². The molecule has 4 rings (SSSR count). The average Bonchev–Trinajstić information content (AvgIpc) is 2.87. The van der Waals surface area contributed by atoms with E-state index in [0.29, 0.717) is 6.04 Å². The molecule has 2 saturated carbocycles. The Kier molecular flexibility index (Phi) is 2.80. The molecule has 0 radical (unpaired) electrons. The van der Waals surface area contributed by atoms with Crippen LogP contribution in [0.25, 0.3) is 0 Å². The van der Waals surface area contributed by atoms with Crippen molar-refractivity contribution in [1.29, 1.82) is 0 Å². The molecule has 1 aromatic carbocycles. The first-order chi connectivity index (χ1) is 9.40. The summed E-state index contributed by atoms with van der Waals surface area (Å²) in [5.74, 6) is 4.03. The highest BCUT2D eigenvalue weighted by Gasteiger charge is 2.56. The van der Waals surface area contributed by atoms with Gasteiger partial charge < -0.3 is 10.1 Å². The Morgan fingerprint density at radius 1 is 1.32 bits per heavy atom. The third-order valence-electron chi connectivity index (χ3n) is 5.36.